The van der Waals surface area contributed by atoms with E-state index < -0.39 is 5.54 Å². The Morgan fingerprint density at radius 1 is 1.50 bits per heavy atom. The van der Waals surface area contributed by atoms with Crippen molar-refractivity contribution < 1.29 is 9.59 Å². The van der Waals surface area contributed by atoms with Crippen LogP contribution in [-0.4, -0.2) is 33.8 Å². The van der Waals surface area contributed by atoms with E-state index in [1.54, 1.807) is 35.6 Å². The summed E-state index contributed by atoms with van der Waals surface area (Å²) in [5.41, 5.74) is 1.90. The highest BCUT2D eigenvalue weighted by Crippen LogP contribution is 2.19. The molecule has 1 aromatic rings. The molecule has 5 nitrogen and oxygen atoms in total. The van der Waals surface area contributed by atoms with Crippen LogP contribution in [0.25, 0.3) is 0 Å². The van der Waals surface area contributed by atoms with E-state index in [-0.39, 0.29) is 11.8 Å². The minimum atomic E-state index is -0.827. The van der Waals surface area contributed by atoms with Crippen molar-refractivity contribution in [1.82, 2.24) is 15.2 Å². The second kappa shape index (κ2) is 4.68. The zero-order valence-electron chi connectivity index (χ0n) is 10.8. The average molecular weight is 267 g/mol. The van der Waals surface area contributed by atoms with Gasteiger partial charge in [0.05, 0.1) is 17.7 Å². The molecule has 1 saturated heterocycles. The number of nitrogens with zero attached hydrogens (tertiary/aromatic N) is 2. The Labute approximate surface area is 110 Å². The van der Waals surface area contributed by atoms with Gasteiger partial charge in [-0.25, -0.2) is 4.98 Å². The molecule has 6 heteroatoms. The number of aryl methyl sites for hydroxylation is 1. The number of hydrogen-bond donors (Lipinski definition) is 1. The zero-order valence-corrected chi connectivity index (χ0v) is 11.6. The van der Waals surface area contributed by atoms with Crippen LogP contribution in [0.1, 0.15) is 30.8 Å². The van der Waals surface area contributed by atoms with Crippen LogP contribution in [0, 0.1) is 6.92 Å². The standard InChI is InChI=1S/C12H17N3O2S/c1-8-9(18-7-13-8)6-15-5-4-10(16)14-12(2,3)11(15)17/h7H,4-6H2,1-3H3,(H,14,16). The van der Waals surface area contributed by atoms with Gasteiger partial charge in [-0.05, 0) is 20.8 Å². The lowest BCUT2D eigenvalue weighted by molar-refractivity contribution is -0.137. The van der Waals surface area contributed by atoms with Crippen LogP contribution in [0.2, 0.25) is 0 Å². The lowest BCUT2D eigenvalue weighted by Crippen LogP contribution is -2.52. The fourth-order valence-corrected chi connectivity index (χ4v) is 2.79. The first-order valence-corrected chi connectivity index (χ1v) is 6.77. The summed E-state index contributed by atoms with van der Waals surface area (Å²) < 4.78 is 0. The number of carbonyl (C=O) groups is 2. The predicted octanol–water partition coefficient (Wildman–Crippen LogP) is 1.08. The molecule has 0 spiro atoms. The third-order valence-corrected chi connectivity index (χ3v) is 3.98. The molecule has 2 heterocycles. The van der Waals surface area contributed by atoms with Gasteiger partial charge in [-0.2, -0.15) is 0 Å². The van der Waals surface area contributed by atoms with Crippen molar-refractivity contribution >= 4 is 23.2 Å². The molecule has 1 N–H and O–H groups in total. The van der Waals surface area contributed by atoms with Crippen LogP contribution in [0.4, 0.5) is 0 Å². The molecule has 18 heavy (non-hydrogen) atoms. The number of thiazole rings is 1. The summed E-state index contributed by atoms with van der Waals surface area (Å²) in [5, 5.41) is 2.75. The molecule has 0 radical (unpaired) electrons. The molecule has 1 aromatic heterocycles. The van der Waals surface area contributed by atoms with Crippen molar-refractivity contribution in [2.24, 2.45) is 0 Å². The van der Waals surface area contributed by atoms with Gasteiger partial charge in [0.2, 0.25) is 11.8 Å². The van der Waals surface area contributed by atoms with Gasteiger partial charge in [-0.1, -0.05) is 0 Å². The summed E-state index contributed by atoms with van der Waals surface area (Å²) in [5.74, 6) is -0.113. The molecule has 0 aromatic carbocycles. The first kappa shape index (κ1) is 13.0. The summed E-state index contributed by atoms with van der Waals surface area (Å²) in [6.07, 6.45) is 0.354. The van der Waals surface area contributed by atoms with E-state index in [1.807, 2.05) is 6.92 Å². The normalized spacial score (nSPS) is 19.6. The minimum absolute atomic E-state index is 0.0406. The van der Waals surface area contributed by atoms with E-state index in [9.17, 15) is 9.59 Å². The summed E-state index contributed by atoms with van der Waals surface area (Å²) >= 11 is 1.54. The van der Waals surface area contributed by atoms with Gasteiger partial charge in [-0.3, -0.25) is 9.59 Å². The number of nitrogens with one attached hydrogen (secondary N) is 1. The molecular formula is C12H17N3O2S. The minimum Gasteiger partial charge on any atom is -0.342 e. The van der Waals surface area contributed by atoms with Gasteiger partial charge in [0.1, 0.15) is 5.54 Å². The fraction of sp³-hybridized carbons (Fsp3) is 0.583. The Balaban J connectivity index is 2.19. The number of hydrogen-bond acceptors (Lipinski definition) is 4. The van der Waals surface area contributed by atoms with Crippen LogP contribution in [0.3, 0.4) is 0 Å². The second-order valence-electron chi connectivity index (χ2n) is 5.01. The molecule has 0 aliphatic carbocycles. The zero-order chi connectivity index (χ0) is 13.3. The third kappa shape index (κ3) is 2.53. The van der Waals surface area contributed by atoms with E-state index in [0.29, 0.717) is 19.5 Å². The van der Waals surface area contributed by atoms with Crippen molar-refractivity contribution in [1.29, 1.82) is 0 Å². The van der Waals surface area contributed by atoms with Crippen LogP contribution in [0.15, 0.2) is 5.51 Å². The third-order valence-electron chi connectivity index (χ3n) is 3.06. The number of rotatable bonds is 2. The van der Waals surface area contributed by atoms with Gasteiger partial charge < -0.3 is 10.2 Å². The first-order chi connectivity index (χ1) is 8.40. The molecule has 98 valence electrons. The molecule has 2 amide bonds. The van der Waals surface area contributed by atoms with Gasteiger partial charge in [-0.15, -0.1) is 11.3 Å². The molecule has 0 unspecified atom stereocenters. The maximum Gasteiger partial charge on any atom is 0.248 e. The predicted molar refractivity (Wildman–Crippen MR) is 69.1 cm³/mol. The largest absolute Gasteiger partial charge is 0.342 e. The molecular weight excluding hydrogens is 250 g/mol. The van der Waals surface area contributed by atoms with Crippen molar-refractivity contribution in [3.63, 3.8) is 0 Å². The van der Waals surface area contributed by atoms with E-state index in [0.717, 1.165) is 10.6 Å². The average Bonchev–Trinajstić information content (AvgIpc) is 2.64. The molecule has 2 rings (SSSR count). The summed E-state index contributed by atoms with van der Waals surface area (Å²) in [6.45, 7) is 6.41. The SMILES string of the molecule is Cc1ncsc1CN1CCC(=O)NC(C)(C)C1=O. The maximum absolute atomic E-state index is 12.3. The van der Waals surface area contributed by atoms with Crippen molar-refractivity contribution in [2.75, 3.05) is 6.54 Å². The highest BCUT2D eigenvalue weighted by atomic mass is 32.1. The number of aromatic nitrogens is 1. The lowest BCUT2D eigenvalue weighted by Gasteiger charge is -2.28. The smallest absolute Gasteiger partial charge is 0.248 e. The van der Waals surface area contributed by atoms with Crippen LogP contribution >= 0.6 is 11.3 Å². The first-order valence-electron chi connectivity index (χ1n) is 5.89. The summed E-state index contributed by atoms with van der Waals surface area (Å²) in [7, 11) is 0. The van der Waals surface area contributed by atoms with Gasteiger partial charge >= 0.3 is 0 Å². The molecule has 0 saturated carbocycles. The van der Waals surface area contributed by atoms with Crippen molar-refractivity contribution in [3.05, 3.63) is 16.1 Å². The van der Waals surface area contributed by atoms with E-state index >= 15 is 0 Å². The maximum atomic E-state index is 12.3. The molecule has 0 atom stereocenters. The fourth-order valence-electron chi connectivity index (χ4n) is 2.00. The molecule has 1 aliphatic heterocycles. The van der Waals surface area contributed by atoms with E-state index in [2.05, 4.69) is 10.3 Å². The van der Waals surface area contributed by atoms with Crippen molar-refractivity contribution in [3.8, 4) is 0 Å². The van der Waals surface area contributed by atoms with Gasteiger partial charge in [0.15, 0.2) is 0 Å². The molecule has 1 fully saturated rings. The molecule has 0 bridgehead atoms. The molecule has 1 aliphatic rings. The topological polar surface area (TPSA) is 62.3 Å². The monoisotopic (exact) mass is 267 g/mol. The Hall–Kier alpha value is -1.43. The van der Waals surface area contributed by atoms with Crippen LogP contribution in [-0.2, 0) is 16.1 Å². The van der Waals surface area contributed by atoms with Crippen LogP contribution in [0.5, 0.6) is 0 Å². The highest BCUT2D eigenvalue weighted by Gasteiger charge is 2.36. The Kier molecular flexibility index (Phi) is 3.38. The number of carbonyl (C=O) groups excluding carboxylic acids is 2. The Morgan fingerprint density at radius 2 is 2.22 bits per heavy atom. The van der Waals surface area contributed by atoms with Crippen LogP contribution < -0.4 is 5.32 Å². The van der Waals surface area contributed by atoms with E-state index in [1.165, 1.54) is 0 Å². The van der Waals surface area contributed by atoms with E-state index in [4.69, 9.17) is 0 Å². The van der Waals surface area contributed by atoms with Crippen molar-refractivity contribution in [2.45, 2.75) is 39.3 Å². The lowest BCUT2D eigenvalue weighted by atomic mass is 10.0. The second-order valence-corrected chi connectivity index (χ2v) is 5.95. The highest BCUT2D eigenvalue weighted by molar-refractivity contribution is 7.09. The summed E-state index contributed by atoms with van der Waals surface area (Å²) in [6, 6.07) is 0. The Bertz CT molecular complexity index is 481. The van der Waals surface area contributed by atoms with Gasteiger partial charge in [0.25, 0.3) is 0 Å². The number of amides is 2. The quantitative estimate of drug-likeness (QED) is 0.872. The summed E-state index contributed by atoms with van der Waals surface area (Å²) in [4.78, 5) is 30.9. The van der Waals surface area contributed by atoms with Gasteiger partial charge in [0, 0.05) is 17.8 Å². The Morgan fingerprint density at radius 3 is 2.83 bits per heavy atom.